The number of fused-ring (bicyclic) bond motifs is 1. The van der Waals surface area contributed by atoms with E-state index in [1.807, 2.05) is 17.0 Å². The van der Waals surface area contributed by atoms with Gasteiger partial charge >= 0.3 is 0 Å². The van der Waals surface area contributed by atoms with Gasteiger partial charge in [0, 0.05) is 43.3 Å². The first kappa shape index (κ1) is 23.8. The van der Waals surface area contributed by atoms with Gasteiger partial charge in [-0.1, -0.05) is 0 Å². The van der Waals surface area contributed by atoms with E-state index >= 15 is 0 Å². The number of aromatic nitrogens is 5. The molecule has 0 aliphatic carbocycles. The molecule has 1 atom stereocenters. The van der Waals surface area contributed by atoms with E-state index in [-0.39, 0.29) is 11.9 Å². The number of carbonyl (C=O) groups is 1. The van der Waals surface area contributed by atoms with Crippen LogP contribution in [0, 0.1) is 0 Å². The molecule has 4 aromatic rings. The van der Waals surface area contributed by atoms with Crippen molar-refractivity contribution in [2.75, 3.05) is 51.4 Å². The zero-order valence-corrected chi connectivity index (χ0v) is 20.6. The molecule has 36 heavy (non-hydrogen) atoms. The van der Waals surface area contributed by atoms with E-state index in [4.69, 9.17) is 20.2 Å². The Morgan fingerprint density at radius 2 is 1.94 bits per heavy atom. The molecule has 5 rings (SSSR count). The summed E-state index contributed by atoms with van der Waals surface area (Å²) in [5.74, 6) is 0.911. The number of carbonyl (C=O) groups excluding carboxylic acids is 1. The van der Waals surface area contributed by atoms with E-state index < -0.39 is 6.04 Å². The van der Waals surface area contributed by atoms with Crippen LogP contribution in [0.4, 0.5) is 11.1 Å². The van der Waals surface area contributed by atoms with Crippen LogP contribution in [0.25, 0.3) is 22.4 Å². The molecule has 1 saturated heterocycles. The lowest BCUT2D eigenvalue weighted by atomic mass is 10.1. The minimum absolute atomic E-state index is 0.0212. The number of piperazine rings is 1. The third kappa shape index (κ3) is 4.76. The molecule has 0 spiro atoms. The number of methoxy groups -OCH3 is 2. The highest BCUT2D eigenvalue weighted by Crippen LogP contribution is 2.33. The molecular formula is C23H25N9O3S. The second-order valence-electron chi connectivity index (χ2n) is 7.98. The fourth-order valence-electron chi connectivity index (χ4n) is 4.13. The van der Waals surface area contributed by atoms with Gasteiger partial charge in [0.1, 0.15) is 17.3 Å². The molecule has 1 aliphatic heterocycles. The second-order valence-corrected chi connectivity index (χ2v) is 8.87. The SMILES string of the molecule is COc1ccc(-c2cnc3nc(N)nc(C(C(=O)Nc4nccs4)N4CCNCC4)c3n2)cc1OC. The van der Waals surface area contributed by atoms with Crippen LogP contribution in [0.1, 0.15) is 11.7 Å². The summed E-state index contributed by atoms with van der Waals surface area (Å²) < 4.78 is 10.8. The number of hydrogen-bond donors (Lipinski definition) is 3. The predicted octanol–water partition coefficient (Wildman–Crippen LogP) is 1.73. The summed E-state index contributed by atoms with van der Waals surface area (Å²) in [6.07, 6.45) is 3.24. The van der Waals surface area contributed by atoms with Crippen LogP contribution in [-0.4, -0.2) is 76.1 Å². The fraction of sp³-hybridized carbons (Fsp3) is 0.304. The van der Waals surface area contributed by atoms with Crippen molar-refractivity contribution >= 4 is 39.5 Å². The molecule has 12 nitrogen and oxygen atoms in total. The molecule has 1 fully saturated rings. The minimum Gasteiger partial charge on any atom is -0.493 e. The van der Waals surface area contributed by atoms with Crippen LogP contribution in [0.15, 0.2) is 36.0 Å². The molecule has 3 aromatic heterocycles. The molecule has 1 amide bonds. The Kier molecular flexibility index (Phi) is 6.84. The average molecular weight is 508 g/mol. The number of amides is 1. The molecule has 0 radical (unpaired) electrons. The van der Waals surface area contributed by atoms with E-state index in [9.17, 15) is 4.79 Å². The van der Waals surface area contributed by atoms with Crippen molar-refractivity contribution in [2.24, 2.45) is 0 Å². The number of nitrogen functional groups attached to an aromatic ring is 1. The summed E-state index contributed by atoms with van der Waals surface area (Å²) in [6, 6.07) is 4.71. The van der Waals surface area contributed by atoms with Gasteiger partial charge in [-0.25, -0.2) is 19.9 Å². The molecule has 13 heteroatoms. The fourth-order valence-corrected chi connectivity index (χ4v) is 4.67. The summed E-state index contributed by atoms with van der Waals surface area (Å²) in [5, 5.41) is 8.52. The third-order valence-electron chi connectivity index (χ3n) is 5.82. The maximum atomic E-state index is 13.6. The molecular weight excluding hydrogens is 482 g/mol. The smallest absolute Gasteiger partial charge is 0.249 e. The van der Waals surface area contributed by atoms with Crippen molar-refractivity contribution < 1.29 is 14.3 Å². The van der Waals surface area contributed by atoms with Gasteiger partial charge in [-0.15, -0.1) is 11.3 Å². The van der Waals surface area contributed by atoms with Crippen molar-refractivity contribution in [3.05, 3.63) is 41.7 Å². The van der Waals surface area contributed by atoms with Crippen molar-refractivity contribution in [1.82, 2.24) is 35.1 Å². The summed E-state index contributed by atoms with van der Waals surface area (Å²) in [4.78, 5) is 37.9. The molecule has 186 valence electrons. The summed E-state index contributed by atoms with van der Waals surface area (Å²) in [6.45, 7) is 2.76. The van der Waals surface area contributed by atoms with Gasteiger partial charge in [0.2, 0.25) is 11.9 Å². The van der Waals surface area contributed by atoms with E-state index in [0.717, 1.165) is 18.7 Å². The molecule has 4 N–H and O–H groups in total. The zero-order valence-electron chi connectivity index (χ0n) is 19.8. The number of rotatable bonds is 7. The van der Waals surface area contributed by atoms with Crippen LogP contribution in [-0.2, 0) is 4.79 Å². The standard InChI is InChI=1S/C23H25N9O3S/c1-34-15-4-3-13(11-16(15)35-2)14-12-27-20-18(28-14)17(29-22(24)30-20)19(32-8-5-25-6-9-32)21(33)31-23-26-7-10-36-23/h3-4,7,10-12,19,25H,5-6,8-9H2,1-2H3,(H,26,31,33)(H2,24,27,29,30). The molecule has 4 heterocycles. The van der Waals surface area contributed by atoms with Crippen LogP contribution in [0.2, 0.25) is 0 Å². The highest BCUT2D eigenvalue weighted by Gasteiger charge is 2.33. The van der Waals surface area contributed by atoms with E-state index in [0.29, 0.717) is 52.3 Å². The number of nitrogens with one attached hydrogen (secondary N) is 2. The largest absolute Gasteiger partial charge is 0.493 e. The maximum absolute atomic E-state index is 13.6. The zero-order chi connectivity index (χ0) is 25.1. The van der Waals surface area contributed by atoms with Gasteiger partial charge in [-0.2, -0.15) is 4.98 Å². The molecule has 0 saturated carbocycles. The van der Waals surface area contributed by atoms with Crippen molar-refractivity contribution in [1.29, 1.82) is 0 Å². The Hall–Kier alpha value is -3.94. The Morgan fingerprint density at radius 1 is 1.14 bits per heavy atom. The van der Waals surface area contributed by atoms with Crippen LogP contribution >= 0.6 is 11.3 Å². The summed E-state index contributed by atoms with van der Waals surface area (Å²) in [5.41, 5.74) is 8.48. The minimum atomic E-state index is -0.765. The third-order valence-corrected chi connectivity index (χ3v) is 6.51. The van der Waals surface area contributed by atoms with Gasteiger partial charge in [-0.3, -0.25) is 9.69 Å². The maximum Gasteiger partial charge on any atom is 0.249 e. The number of nitrogens with zero attached hydrogens (tertiary/aromatic N) is 6. The van der Waals surface area contributed by atoms with E-state index in [1.165, 1.54) is 11.3 Å². The number of benzene rings is 1. The number of ether oxygens (including phenoxy) is 2. The van der Waals surface area contributed by atoms with Gasteiger partial charge < -0.3 is 25.8 Å². The Balaban J connectivity index is 1.63. The Labute approximate surface area is 210 Å². The van der Waals surface area contributed by atoms with Crippen molar-refractivity contribution in [3.63, 3.8) is 0 Å². The Bertz CT molecular complexity index is 1380. The van der Waals surface area contributed by atoms with Gasteiger partial charge in [-0.05, 0) is 18.2 Å². The van der Waals surface area contributed by atoms with Crippen molar-refractivity contribution in [3.8, 4) is 22.8 Å². The lowest BCUT2D eigenvalue weighted by Crippen LogP contribution is -2.48. The predicted molar refractivity (Wildman–Crippen MR) is 136 cm³/mol. The topological polar surface area (TPSA) is 153 Å². The number of thiazole rings is 1. The first-order chi connectivity index (χ1) is 17.6. The highest BCUT2D eigenvalue weighted by atomic mass is 32.1. The van der Waals surface area contributed by atoms with Gasteiger partial charge in [0.15, 0.2) is 22.3 Å². The first-order valence-corrected chi connectivity index (χ1v) is 12.1. The van der Waals surface area contributed by atoms with Crippen molar-refractivity contribution in [2.45, 2.75) is 6.04 Å². The number of hydrogen-bond acceptors (Lipinski definition) is 12. The number of anilines is 2. The summed E-state index contributed by atoms with van der Waals surface area (Å²) in [7, 11) is 3.15. The average Bonchev–Trinajstić information content (AvgIpc) is 3.41. The molecule has 1 aromatic carbocycles. The summed E-state index contributed by atoms with van der Waals surface area (Å²) >= 11 is 1.34. The highest BCUT2D eigenvalue weighted by molar-refractivity contribution is 7.13. The van der Waals surface area contributed by atoms with Crippen LogP contribution in [0.3, 0.4) is 0 Å². The van der Waals surface area contributed by atoms with E-state index in [2.05, 4.69) is 30.6 Å². The van der Waals surface area contributed by atoms with E-state index in [1.54, 1.807) is 38.1 Å². The van der Waals surface area contributed by atoms with Crippen LogP contribution in [0.5, 0.6) is 11.5 Å². The second kappa shape index (κ2) is 10.4. The molecule has 0 bridgehead atoms. The first-order valence-electron chi connectivity index (χ1n) is 11.2. The lowest BCUT2D eigenvalue weighted by Gasteiger charge is -2.33. The molecule has 1 aliphatic rings. The van der Waals surface area contributed by atoms with Gasteiger partial charge in [0.25, 0.3) is 0 Å². The monoisotopic (exact) mass is 507 g/mol. The normalized spacial score (nSPS) is 14.9. The quantitative estimate of drug-likeness (QED) is 0.335. The van der Waals surface area contributed by atoms with Crippen LogP contribution < -0.4 is 25.8 Å². The number of nitrogens with two attached hydrogens (primary N) is 1. The van der Waals surface area contributed by atoms with Gasteiger partial charge in [0.05, 0.1) is 26.1 Å². The Morgan fingerprint density at radius 3 is 2.67 bits per heavy atom. The lowest BCUT2D eigenvalue weighted by molar-refractivity contribution is -0.121. The molecule has 1 unspecified atom stereocenters.